The van der Waals surface area contributed by atoms with Crippen LogP contribution in [0.5, 0.6) is 0 Å². The number of amides is 1. The molecule has 2 aliphatic carbocycles. The number of aliphatic imine (C=N–C) groups is 1. The van der Waals surface area contributed by atoms with E-state index in [1.807, 2.05) is 24.3 Å². The van der Waals surface area contributed by atoms with Crippen LogP contribution in [0.4, 0.5) is 5.69 Å². The van der Waals surface area contributed by atoms with Crippen molar-refractivity contribution in [2.24, 2.45) is 10.7 Å². The molecule has 0 saturated heterocycles. The van der Waals surface area contributed by atoms with E-state index in [1.165, 1.54) is 24.0 Å². The van der Waals surface area contributed by atoms with E-state index in [1.54, 1.807) is 0 Å². The summed E-state index contributed by atoms with van der Waals surface area (Å²) >= 11 is 0. The maximum absolute atomic E-state index is 12.1. The molecule has 142 valence electrons. The normalized spacial score (nSPS) is 15.6. The molecular formula is C21H25IN4O. The van der Waals surface area contributed by atoms with Gasteiger partial charge in [-0.15, -0.1) is 24.0 Å². The van der Waals surface area contributed by atoms with E-state index in [4.69, 9.17) is 5.73 Å². The molecule has 27 heavy (non-hydrogen) atoms. The van der Waals surface area contributed by atoms with Crippen molar-refractivity contribution in [2.45, 2.75) is 44.7 Å². The number of hydrogen-bond donors (Lipinski definition) is 3. The molecule has 0 spiro atoms. The highest BCUT2D eigenvalue weighted by Gasteiger charge is 2.23. The average Bonchev–Trinajstić information content (AvgIpc) is 3.34. The van der Waals surface area contributed by atoms with Crippen molar-refractivity contribution in [2.75, 3.05) is 5.32 Å². The van der Waals surface area contributed by atoms with Crippen molar-refractivity contribution in [3.8, 4) is 0 Å². The summed E-state index contributed by atoms with van der Waals surface area (Å²) in [5.74, 6) is 0.373. The molecule has 0 heterocycles. The van der Waals surface area contributed by atoms with E-state index in [2.05, 4.69) is 33.8 Å². The number of hydrogen-bond acceptors (Lipinski definition) is 2. The van der Waals surface area contributed by atoms with Gasteiger partial charge in [0.1, 0.15) is 0 Å². The number of aryl methyl sites for hydroxylation is 2. The molecule has 0 radical (unpaired) electrons. The second-order valence-corrected chi connectivity index (χ2v) is 7.11. The zero-order valence-electron chi connectivity index (χ0n) is 15.2. The summed E-state index contributed by atoms with van der Waals surface area (Å²) in [6, 6.07) is 14.3. The van der Waals surface area contributed by atoms with Gasteiger partial charge in [-0.3, -0.25) is 4.79 Å². The second kappa shape index (κ2) is 8.73. The number of guanidine groups is 1. The highest BCUT2D eigenvalue weighted by Crippen LogP contribution is 2.24. The first-order valence-corrected chi connectivity index (χ1v) is 9.26. The van der Waals surface area contributed by atoms with E-state index in [0.717, 1.165) is 30.5 Å². The van der Waals surface area contributed by atoms with Crippen LogP contribution >= 0.6 is 24.0 Å². The molecule has 0 atom stereocenters. The highest BCUT2D eigenvalue weighted by atomic mass is 127. The summed E-state index contributed by atoms with van der Waals surface area (Å²) in [5, 5.41) is 6.17. The Bertz CT molecular complexity index is 861. The third-order valence-electron chi connectivity index (χ3n) is 4.90. The Balaban J connectivity index is 0.00000210. The Morgan fingerprint density at radius 2 is 1.93 bits per heavy atom. The number of benzene rings is 2. The summed E-state index contributed by atoms with van der Waals surface area (Å²) < 4.78 is 0. The van der Waals surface area contributed by atoms with Crippen LogP contribution in [0.15, 0.2) is 47.5 Å². The standard InChI is InChI=1S/C21H24N4O.HI/c22-21(25-19-8-7-15-4-2-5-16(15)12-19)23-13-14-3-1-6-17(11-14)20(26)24-18-9-10-18;/h1,3,6-8,11-12,18H,2,4-5,9-10,13H2,(H,24,26)(H3,22,23,25);1H. The van der Waals surface area contributed by atoms with Crippen molar-refractivity contribution in [3.05, 3.63) is 64.7 Å². The lowest BCUT2D eigenvalue weighted by atomic mass is 10.1. The van der Waals surface area contributed by atoms with Gasteiger partial charge in [-0.2, -0.15) is 0 Å². The van der Waals surface area contributed by atoms with Gasteiger partial charge in [-0.05, 0) is 73.1 Å². The number of carbonyl (C=O) groups excluding carboxylic acids is 1. The summed E-state index contributed by atoms with van der Waals surface area (Å²) in [5.41, 5.74) is 11.5. The molecule has 0 aromatic heterocycles. The van der Waals surface area contributed by atoms with E-state index in [0.29, 0.717) is 24.1 Å². The molecule has 2 aliphatic rings. The maximum Gasteiger partial charge on any atom is 0.251 e. The van der Waals surface area contributed by atoms with Gasteiger partial charge < -0.3 is 16.4 Å². The lowest BCUT2D eigenvalue weighted by molar-refractivity contribution is 0.0951. The van der Waals surface area contributed by atoms with Gasteiger partial charge in [0, 0.05) is 17.3 Å². The number of halogens is 1. The number of nitrogens with zero attached hydrogens (tertiary/aromatic N) is 1. The molecule has 1 fully saturated rings. The smallest absolute Gasteiger partial charge is 0.251 e. The lowest BCUT2D eigenvalue weighted by Gasteiger charge is -2.08. The van der Waals surface area contributed by atoms with Crippen LogP contribution in [0.3, 0.4) is 0 Å². The van der Waals surface area contributed by atoms with Crippen LogP contribution in [-0.2, 0) is 19.4 Å². The average molecular weight is 476 g/mol. The SMILES string of the molecule is I.NC(=NCc1cccc(C(=O)NC2CC2)c1)Nc1ccc2c(c1)CCC2. The minimum absolute atomic E-state index is 0. The van der Waals surface area contributed by atoms with Crippen LogP contribution in [0.1, 0.15) is 46.3 Å². The molecule has 4 rings (SSSR count). The highest BCUT2D eigenvalue weighted by molar-refractivity contribution is 14.0. The molecule has 0 aliphatic heterocycles. The molecule has 4 N–H and O–H groups in total. The minimum atomic E-state index is -0.0115. The van der Waals surface area contributed by atoms with Gasteiger partial charge in [0.25, 0.3) is 5.91 Å². The van der Waals surface area contributed by atoms with Crippen molar-refractivity contribution in [1.82, 2.24) is 5.32 Å². The topological polar surface area (TPSA) is 79.5 Å². The maximum atomic E-state index is 12.1. The van der Waals surface area contributed by atoms with E-state index >= 15 is 0 Å². The van der Waals surface area contributed by atoms with Gasteiger partial charge in [-0.1, -0.05) is 18.2 Å². The fourth-order valence-corrected chi connectivity index (χ4v) is 3.32. The fourth-order valence-electron chi connectivity index (χ4n) is 3.32. The number of nitrogens with one attached hydrogen (secondary N) is 2. The van der Waals surface area contributed by atoms with Gasteiger partial charge in [0.15, 0.2) is 5.96 Å². The van der Waals surface area contributed by atoms with Crippen molar-refractivity contribution in [1.29, 1.82) is 0 Å². The summed E-state index contributed by atoms with van der Waals surface area (Å²) in [7, 11) is 0. The Kier molecular flexibility index (Phi) is 6.36. The number of nitrogens with two attached hydrogens (primary N) is 1. The lowest BCUT2D eigenvalue weighted by Crippen LogP contribution is -2.25. The number of fused-ring (bicyclic) bond motifs is 1. The van der Waals surface area contributed by atoms with E-state index in [9.17, 15) is 4.79 Å². The van der Waals surface area contributed by atoms with Crippen molar-refractivity contribution in [3.63, 3.8) is 0 Å². The van der Waals surface area contributed by atoms with Crippen molar-refractivity contribution < 1.29 is 4.79 Å². The number of carbonyl (C=O) groups is 1. The number of rotatable bonds is 5. The molecule has 6 heteroatoms. The zero-order chi connectivity index (χ0) is 17.9. The third-order valence-corrected chi connectivity index (χ3v) is 4.90. The zero-order valence-corrected chi connectivity index (χ0v) is 17.5. The molecule has 2 aromatic rings. The second-order valence-electron chi connectivity index (χ2n) is 7.11. The van der Waals surface area contributed by atoms with Crippen molar-refractivity contribution >= 4 is 41.5 Å². The largest absolute Gasteiger partial charge is 0.370 e. The number of anilines is 1. The first-order valence-electron chi connectivity index (χ1n) is 9.26. The predicted molar refractivity (Wildman–Crippen MR) is 120 cm³/mol. The minimum Gasteiger partial charge on any atom is -0.370 e. The molecule has 2 aromatic carbocycles. The Morgan fingerprint density at radius 3 is 2.74 bits per heavy atom. The summed E-state index contributed by atoms with van der Waals surface area (Å²) in [6.07, 6.45) is 5.70. The van der Waals surface area contributed by atoms with Crippen LogP contribution in [0.25, 0.3) is 0 Å². The summed E-state index contributed by atoms with van der Waals surface area (Å²) in [6.45, 7) is 0.439. The van der Waals surface area contributed by atoms with Gasteiger partial charge in [-0.25, -0.2) is 4.99 Å². The molecule has 5 nitrogen and oxygen atoms in total. The van der Waals surface area contributed by atoms with Gasteiger partial charge >= 0.3 is 0 Å². The Morgan fingerprint density at radius 1 is 1.11 bits per heavy atom. The quantitative estimate of drug-likeness (QED) is 0.351. The van der Waals surface area contributed by atoms with E-state index in [-0.39, 0.29) is 29.9 Å². The first kappa shape index (κ1) is 19.7. The van der Waals surface area contributed by atoms with Gasteiger partial charge in [0.05, 0.1) is 6.54 Å². The monoisotopic (exact) mass is 476 g/mol. The third kappa shape index (κ3) is 5.22. The van der Waals surface area contributed by atoms with Crippen LogP contribution < -0.4 is 16.4 Å². The summed E-state index contributed by atoms with van der Waals surface area (Å²) in [4.78, 5) is 16.5. The molecule has 1 saturated carbocycles. The molecule has 0 unspecified atom stereocenters. The fraction of sp³-hybridized carbons (Fsp3) is 0.333. The van der Waals surface area contributed by atoms with Crippen LogP contribution in [-0.4, -0.2) is 17.9 Å². The molecule has 0 bridgehead atoms. The van der Waals surface area contributed by atoms with E-state index < -0.39 is 0 Å². The molecular weight excluding hydrogens is 451 g/mol. The first-order chi connectivity index (χ1) is 12.7. The van der Waals surface area contributed by atoms with Crippen LogP contribution in [0.2, 0.25) is 0 Å². The Labute approximate surface area is 176 Å². The van der Waals surface area contributed by atoms with Gasteiger partial charge in [0.2, 0.25) is 0 Å². The Hall–Kier alpha value is -2.09. The van der Waals surface area contributed by atoms with Crippen LogP contribution in [0, 0.1) is 0 Å². The predicted octanol–water partition coefficient (Wildman–Crippen LogP) is 3.61. The molecule has 1 amide bonds.